The molecule has 13 heavy (non-hydrogen) atoms. The molecule has 1 atom stereocenters. The quantitative estimate of drug-likeness (QED) is 0.650. The smallest absolute Gasteiger partial charge is 0.115 e. The number of hydrogen-bond acceptors (Lipinski definition) is 3. The summed E-state index contributed by atoms with van der Waals surface area (Å²) in [6.07, 6.45) is 1.77. The van der Waals surface area contributed by atoms with E-state index in [1.54, 1.807) is 18.2 Å². The highest BCUT2D eigenvalue weighted by atomic mass is 16.3. The predicted octanol–water partition coefficient (Wildman–Crippen LogP) is 1.13. The van der Waals surface area contributed by atoms with Gasteiger partial charge in [-0.1, -0.05) is 12.1 Å². The summed E-state index contributed by atoms with van der Waals surface area (Å²) in [6.45, 7) is 0.659. The molecular formula is C10H16N2O. The molecule has 1 aromatic carbocycles. The number of rotatable bonds is 4. The van der Waals surface area contributed by atoms with Crippen molar-refractivity contribution in [3.63, 3.8) is 0 Å². The van der Waals surface area contributed by atoms with Crippen LogP contribution in [0.15, 0.2) is 24.3 Å². The van der Waals surface area contributed by atoms with Gasteiger partial charge in [-0.3, -0.25) is 0 Å². The van der Waals surface area contributed by atoms with Crippen LogP contribution in [0.25, 0.3) is 0 Å². The Morgan fingerprint density at radius 2 is 2.15 bits per heavy atom. The highest BCUT2D eigenvalue weighted by molar-refractivity contribution is 5.29. The summed E-state index contributed by atoms with van der Waals surface area (Å²) in [7, 11) is 0. The van der Waals surface area contributed by atoms with Gasteiger partial charge < -0.3 is 16.6 Å². The third-order valence-electron chi connectivity index (χ3n) is 2.02. The van der Waals surface area contributed by atoms with Crippen LogP contribution in [0, 0.1) is 0 Å². The van der Waals surface area contributed by atoms with Crippen molar-refractivity contribution in [1.82, 2.24) is 0 Å². The zero-order chi connectivity index (χ0) is 9.68. The van der Waals surface area contributed by atoms with E-state index in [1.807, 2.05) is 6.07 Å². The van der Waals surface area contributed by atoms with E-state index in [4.69, 9.17) is 11.5 Å². The van der Waals surface area contributed by atoms with Crippen LogP contribution in [-0.2, 0) is 0 Å². The summed E-state index contributed by atoms with van der Waals surface area (Å²) in [4.78, 5) is 0. The second-order valence-electron chi connectivity index (χ2n) is 3.13. The van der Waals surface area contributed by atoms with Crippen LogP contribution < -0.4 is 11.5 Å². The normalized spacial score (nSPS) is 12.8. The molecule has 0 saturated heterocycles. The first-order valence-electron chi connectivity index (χ1n) is 4.48. The minimum Gasteiger partial charge on any atom is -0.508 e. The summed E-state index contributed by atoms with van der Waals surface area (Å²) >= 11 is 0. The molecule has 0 heterocycles. The van der Waals surface area contributed by atoms with Crippen molar-refractivity contribution in [2.45, 2.75) is 18.9 Å². The minimum absolute atomic E-state index is 0.0179. The maximum Gasteiger partial charge on any atom is 0.115 e. The van der Waals surface area contributed by atoms with E-state index in [2.05, 4.69) is 0 Å². The van der Waals surface area contributed by atoms with Crippen molar-refractivity contribution in [2.24, 2.45) is 11.5 Å². The maximum atomic E-state index is 9.21. The summed E-state index contributed by atoms with van der Waals surface area (Å²) < 4.78 is 0. The molecule has 0 saturated carbocycles. The van der Waals surface area contributed by atoms with Gasteiger partial charge in [0.05, 0.1) is 0 Å². The summed E-state index contributed by atoms with van der Waals surface area (Å²) in [6, 6.07) is 7.03. The van der Waals surface area contributed by atoms with E-state index in [-0.39, 0.29) is 11.8 Å². The van der Waals surface area contributed by atoms with Crippen LogP contribution in [-0.4, -0.2) is 11.7 Å². The number of benzene rings is 1. The summed E-state index contributed by atoms with van der Waals surface area (Å²) in [5.41, 5.74) is 12.2. The van der Waals surface area contributed by atoms with Crippen LogP contribution in [0.1, 0.15) is 24.4 Å². The van der Waals surface area contributed by atoms with E-state index in [0.717, 1.165) is 18.4 Å². The molecule has 0 spiro atoms. The molecule has 72 valence electrons. The van der Waals surface area contributed by atoms with Gasteiger partial charge in [0.25, 0.3) is 0 Å². The van der Waals surface area contributed by atoms with Crippen LogP contribution in [0.2, 0.25) is 0 Å². The highest BCUT2D eigenvalue weighted by Crippen LogP contribution is 2.19. The van der Waals surface area contributed by atoms with Crippen molar-refractivity contribution < 1.29 is 5.11 Å². The van der Waals surface area contributed by atoms with Crippen molar-refractivity contribution >= 4 is 0 Å². The third kappa shape index (κ3) is 3.05. The Labute approximate surface area is 78.4 Å². The van der Waals surface area contributed by atoms with Crippen LogP contribution >= 0.6 is 0 Å². The standard InChI is InChI=1S/C10H16N2O/c11-6-2-5-10(12)8-3-1-4-9(13)7-8/h1,3-4,7,10,13H,2,5-6,11-12H2/t10-/m1/s1. The van der Waals surface area contributed by atoms with Gasteiger partial charge in [0.1, 0.15) is 5.75 Å². The summed E-state index contributed by atoms with van der Waals surface area (Å²) in [5, 5.41) is 9.21. The fourth-order valence-electron chi connectivity index (χ4n) is 1.26. The van der Waals surface area contributed by atoms with Gasteiger partial charge in [0, 0.05) is 6.04 Å². The molecule has 5 N–H and O–H groups in total. The Kier molecular flexibility index (Phi) is 3.73. The van der Waals surface area contributed by atoms with Gasteiger partial charge in [-0.2, -0.15) is 0 Å². The molecule has 0 aromatic heterocycles. The molecule has 3 heteroatoms. The summed E-state index contributed by atoms with van der Waals surface area (Å²) in [5.74, 6) is 0.265. The van der Waals surface area contributed by atoms with Gasteiger partial charge in [-0.15, -0.1) is 0 Å². The van der Waals surface area contributed by atoms with Crippen LogP contribution in [0.5, 0.6) is 5.75 Å². The number of hydrogen-bond donors (Lipinski definition) is 3. The Morgan fingerprint density at radius 1 is 1.38 bits per heavy atom. The molecule has 0 aliphatic heterocycles. The largest absolute Gasteiger partial charge is 0.508 e. The molecule has 0 aliphatic rings. The van der Waals surface area contributed by atoms with Gasteiger partial charge in [0.15, 0.2) is 0 Å². The lowest BCUT2D eigenvalue weighted by Gasteiger charge is -2.11. The first kappa shape index (κ1) is 10.0. The Bertz CT molecular complexity index is 263. The molecule has 0 bridgehead atoms. The molecule has 0 fully saturated rings. The van der Waals surface area contributed by atoms with Crippen molar-refractivity contribution in [3.8, 4) is 5.75 Å². The number of phenolic OH excluding ortho intramolecular Hbond substituents is 1. The minimum atomic E-state index is -0.0179. The molecular weight excluding hydrogens is 164 g/mol. The third-order valence-corrected chi connectivity index (χ3v) is 2.02. The predicted molar refractivity (Wildman–Crippen MR) is 53.3 cm³/mol. The van der Waals surface area contributed by atoms with Crippen LogP contribution in [0.4, 0.5) is 0 Å². The lowest BCUT2D eigenvalue weighted by Crippen LogP contribution is -2.12. The highest BCUT2D eigenvalue weighted by Gasteiger charge is 2.04. The van der Waals surface area contributed by atoms with E-state index in [0.29, 0.717) is 6.54 Å². The first-order valence-corrected chi connectivity index (χ1v) is 4.48. The lowest BCUT2D eigenvalue weighted by molar-refractivity contribution is 0.473. The SMILES string of the molecule is NCCC[C@@H](N)c1cccc(O)c1. The van der Waals surface area contributed by atoms with Crippen LogP contribution in [0.3, 0.4) is 0 Å². The second kappa shape index (κ2) is 4.84. The van der Waals surface area contributed by atoms with Crippen molar-refractivity contribution in [2.75, 3.05) is 6.54 Å². The number of phenols is 1. The monoisotopic (exact) mass is 180 g/mol. The Balaban J connectivity index is 2.60. The average molecular weight is 180 g/mol. The zero-order valence-corrected chi connectivity index (χ0v) is 7.61. The Morgan fingerprint density at radius 3 is 2.77 bits per heavy atom. The van der Waals surface area contributed by atoms with Crippen molar-refractivity contribution in [3.05, 3.63) is 29.8 Å². The first-order chi connectivity index (χ1) is 6.24. The molecule has 1 rings (SSSR count). The molecule has 3 nitrogen and oxygen atoms in total. The maximum absolute atomic E-state index is 9.21. The molecule has 0 radical (unpaired) electrons. The van der Waals surface area contributed by atoms with E-state index >= 15 is 0 Å². The lowest BCUT2D eigenvalue weighted by atomic mass is 10.0. The average Bonchev–Trinajstić information content (AvgIpc) is 2.14. The number of nitrogens with two attached hydrogens (primary N) is 2. The second-order valence-corrected chi connectivity index (χ2v) is 3.13. The van der Waals surface area contributed by atoms with Gasteiger partial charge in [-0.25, -0.2) is 0 Å². The fourth-order valence-corrected chi connectivity index (χ4v) is 1.26. The molecule has 0 amide bonds. The molecule has 1 aromatic rings. The van der Waals surface area contributed by atoms with Gasteiger partial charge >= 0.3 is 0 Å². The molecule has 0 unspecified atom stereocenters. The van der Waals surface area contributed by atoms with E-state index in [1.165, 1.54) is 0 Å². The Hall–Kier alpha value is -1.06. The van der Waals surface area contributed by atoms with Gasteiger partial charge in [-0.05, 0) is 37.1 Å². The fraction of sp³-hybridized carbons (Fsp3) is 0.400. The topological polar surface area (TPSA) is 72.3 Å². The zero-order valence-electron chi connectivity index (χ0n) is 7.61. The number of aromatic hydroxyl groups is 1. The van der Waals surface area contributed by atoms with E-state index < -0.39 is 0 Å². The molecule has 0 aliphatic carbocycles. The van der Waals surface area contributed by atoms with Crippen molar-refractivity contribution in [1.29, 1.82) is 0 Å². The van der Waals surface area contributed by atoms with E-state index in [9.17, 15) is 5.11 Å². The van der Waals surface area contributed by atoms with Gasteiger partial charge in [0.2, 0.25) is 0 Å².